The zero-order chi connectivity index (χ0) is 18.6. The Balaban J connectivity index is 1.41. The van der Waals surface area contributed by atoms with Crippen LogP contribution < -0.4 is 14.2 Å². The SMILES string of the molecule is O=S(=O)(NC1CCc2[nH]c3cc(F)ccc3c2C1)c1ccc2c(c1)OCO2. The molecule has 2 aliphatic rings. The maximum Gasteiger partial charge on any atom is 0.240 e. The molecule has 6 nitrogen and oxygen atoms in total. The van der Waals surface area contributed by atoms with E-state index >= 15 is 0 Å². The van der Waals surface area contributed by atoms with Crippen LogP contribution in [0.3, 0.4) is 0 Å². The standard InChI is InChI=1S/C19H17FN2O4S/c20-11-1-4-14-15-8-12(2-5-16(15)21-17(14)7-11)22-27(23,24)13-3-6-18-19(9-13)26-10-25-18/h1,3-4,6-7,9,12,21-22H,2,5,8,10H2. The van der Waals surface area contributed by atoms with Gasteiger partial charge in [-0.1, -0.05) is 0 Å². The molecular weight excluding hydrogens is 371 g/mol. The molecule has 0 fully saturated rings. The number of benzene rings is 2. The van der Waals surface area contributed by atoms with Crippen molar-refractivity contribution < 1.29 is 22.3 Å². The van der Waals surface area contributed by atoms with Crippen molar-refractivity contribution in [1.82, 2.24) is 9.71 Å². The molecule has 1 unspecified atom stereocenters. The van der Waals surface area contributed by atoms with Crippen LogP contribution in [0.15, 0.2) is 41.3 Å². The fraction of sp³-hybridized carbons (Fsp3) is 0.263. The fourth-order valence-corrected chi connectivity index (χ4v) is 5.11. The maximum absolute atomic E-state index is 13.5. The minimum absolute atomic E-state index is 0.0961. The Bertz CT molecular complexity index is 1160. The highest BCUT2D eigenvalue weighted by molar-refractivity contribution is 7.89. The molecule has 2 N–H and O–H groups in total. The number of halogens is 1. The van der Waals surface area contributed by atoms with Crippen LogP contribution in [0.2, 0.25) is 0 Å². The van der Waals surface area contributed by atoms with Crippen molar-refractivity contribution in [3.8, 4) is 11.5 Å². The van der Waals surface area contributed by atoms with E-state index in [4.69, 9.17) is 9.47 Å². The van der Waals surface area contributed by atoms with E-state index in [9.17, 15) is 12.8 Å². The van der Waals surface area contributed by atoms with Gasteiger partial charge in [0.05, 0.1) is 4.90 Å². The molecule has 0 spiro atoms. The van der Waals surface area contributed by atoms with Crippen LogP contribution in [-0.4, -0.2) is 26.2 Å². The summed E-state index contributed by atoms with van der Waals surface area (Å²) in [5.41, 5.74) is 2.85. The van der Waals surface area contributed by atoms with E-state index in [-0.39, 0.29) is 23.5 Å². The molecular formula is C19H17FN2O4S. The Morgan fingerprint density at radius 2 is 1.96 bits per heavy atom. The van der Waals surface area contributed by atoms with Gasteiger partial charge in [-0.05, 0) is 55.2 Å². The number of aromatic nitrogens is 1. The molecule has 1 aromatic heterocycles. The highest BCUT2D eigenvalue weighted by atomic mass is 32.2. The van der Waals surface area contributed by atoms with E-state index in [1.807, 2.05) is 0 Å². The van der Waals surface area contributed by atoms with Crippen molar-refractivity contribution in [2.75, 3.05) is 6.79 Å². The van der Waals surface area contributed by atoms with Crippen LogP contribution in [0.1, 0.15) is 17.7 Å². The van der Waals surface area contributed by atoms with Crippen molar-refractivity contribution in [1.29, 1.82) is 0 Å². The lowest BCUT2D eigenvalue weighted by Crippen LogP contribution is -2.38. The second kappa shape index (κ2) is 5.97. The van der Waals surface area contributed by atoms with Crippen molar-refractivity contribution in [3.05, 3.63) is 53.5 Å². The molecule has 5 rings (SSSR count). The lowest BCUT2D eigenvalue weighted by molar-refractivity contribution is 0.174. The summed E-state index contributed by atoms with van der Waals surface area (Å²) in [6, 6.07) is 9.01. The van der Waals surface area contributed by atoms with Gasteiger partial charge in [0.2, 0.25) is 16.8 Å². The summed E-state index contributed by atoms with van der Waals surface area (Å²) in [5, 5.41) is 0.943. The Kier molecular flexibility index (Phi) is 3.66. The number of ether oxygens (including phenoxy) is 2. The summed E-state index contributed by atoms with van der Waals surface area (Å²) in [4.78, 5) is 3.40. The van der Waals surface area contributed by atoms with E-state index in [2.05, 4.69) is 9.71 Å². The number of nitrogens with one attached hydrogen (secondary N) is 2. The van der Waals surface area contributed by atoms with Gasteiger partial charge in [0.25, 0.3) is 0 Å². The second-order valence-electron chi connectivity index (χ2n) is 6.85. The van der Waals surface area contributed by atoms with Gasteiger partial charge in [-0.3, -0.25) is 0 Å². The molecule has 27 heavy (non-hydrogen) atoms. The van der Waals surface area contributed by atoms with Crippen LogP contribution in [0.5, 0.6) is 11.5 Å². The van der Waals surface area contributed by atoms with Gasteiger partial charge in [-0.15, -0.1) is 0 Å². The van der Waals surface area contributed by atoms with E-state index in [0.717, 1.165) is 22.2 Å². The Hall–Kier alpha value is -2.58. The lowest BCUT2D eigenvalue weighted by Gasteiger charge is -2.23. The molecule has 0 radical (unpaired) electrons. The normalized spacial score (nSPS) is 18.6. The summed E-state index contributed by atoms with van der Waals surface area (Å²) in [6.45, 7) is 0.0961. The van der Waals surface area contributed by atoms with E-state index in [1.54, 1.807) is 12.1 Å². The molecule has 1 aliphatic carbocycles. The van der Waals surface area contributed by atoms with Gasteiger partial charge in [-0.2, -0.15) is 0 Å². The minimum atomic E-state index is -3.68. The number of aryl methyl sites for hydroxylation is 1. The molecule has 0 saturated carbocycles. The van der Waals surface area contributed by atoms with Crippen molar-refractivity contribution >= 4 is 20.9 Å². The Labute approximate surface area is 155 Å². The van der Waals surface area contributed by atoms with Crippen LogP contribution >= 0.6 is 0 Å². The first kappa shape index (κ1) is 16.6. The largest absolute Gasteiger partial charge is 0.454 e. The van der Waals surface area contributed by atoms with Crippen molar-refractivity contribution in [3.63, 3.8) is 0 Å². The molecule has 8 heteroatoms. The smallest absolute Gasteiger partial charge is 0.240 e. The third-order valence-electron chi connectivity index (χ3n) is 5.13. The van der Waals surface area contributed by atoms with Crippen LogP contribution in [0.25, 0.3) is 10.9 Å². The summed E-state index contributed by atoms with van der Waals surface area (Å²) in [7, 11) is -3.68. The summed E-state index contributed by atoms with van der Waals surface area (Å²) in [5.74, 6) is 0.686. The quantitative estimate of drug-likeness (QED) is 0.723. The molecule has 0 saturated heterocycles. The van der Waals surface area contributed by atoms with Gasteiger partial charge < -0.3 is 14.5 Å². The number of hydrogen-bond donors (Lipinski definition) is 2. The second-order valence-corrected chi connectivity index (χ2v) is 8.56. The van der Waals surface area contributed by atoms with Crippen molar-refractivity contribution in [2.24, 2.45) is 0 Å². The molecule has 2 aromatic carbocycles. The Morgan fingerprint density at radius 3 is 2.85 bits per heavy atom. The molecule has 0 amide bonds. The maximum atomic E-state index is 13.5. The monoisotopic (exact) mass is 388 g/mol. The van der Waals surface area contributed by atoms with Crippen LogP contribution in [0, 0.1) is 5.82 Å². The molecule has 1 atom stereocenters. The average molecular weight is 388 g/mol. The number of fused-ring (bicyclic) bond motifs is 4. The zero-order valence-corrected chi connectivity index (χ0v) is 15.1. The summed E-state index contributed by atoms with van der Waals surface area (Å²) < 4.78 is 52.3. The lowest BCUT2D eigenvalue weighted by atomic mass is 9.92. The average Bonchev–Trinajstić information content (AvgIpc) is 3.24. The topological polar surface area (TPSA) is 80.4 Å². The number of H-pyrrole nitrogens is 1. The molecule has 1 aliphatic heterocycles. The van der Waals surface area contributed by atoms with Gasteiger partial charge in [0.15, 0.2) is 11.5 Å². The molecule has 140 valence electrons. The van der Waals surface area contributed by atoms with Crippen LogP contribution in [-0.2, 0) is 22.9 Å². The highest BCUT2D eigenvalue weighted by Crippen LogP contribution is 2.34. The molecule has 2 heterocycles. The van der Waals surface area contributed by atoms with E-state index in [0.29, 0.717) is 30.8 Å². The minimum Gasteiger partial charge on any atom is -0.454 e. The number of rotatable bonds is 3. The predicted octanol–water partition coefficient (Wildman–Crippen LogP) is 2.87. The first-order valence-corrected chi connectivity index (χ1v) is 10.2. The zero-order valence-electron chi connectivity index (χ0n) is 14.3. The fourth-order valence-electron chi connectivity index (χ4n) is 3.83. The number of aromatic amines is 1. The third kappa shape index (κ3) is 2.85. The van der Waals surface area contributed by atoms with Gasteiger partial charge in [0, 0.05) is 28.7 Å². The molecule has 3 aromatic rings. The summed E-state index contributed by atoms with van der Waals surface area (Å²) >= 11 is 0. The molecule has 0 bridgehead atoms. The van der Waals surface area contributed by atoms with Gasteiger partial charge >= 0.3 is 0 Å². The van der Waals surface area contributed by atoms with Gasteiger partial charge in [0.1, 0.15) is 5.82 Å². The number of sulfonamides is 1. The van der Waals surface area contributed by atoms with E-state index < -0.39 is 10.0 Å². The summed E-state index contributed by atoms with van der Waals surface area (Å²) in [6.07, 6.45) is 1.94. The predicted molar refractivity (Wildman–Crippen MR) is 97.0 cm³/mol. The highest BCUT2D eigenvalue weighted by Gasteiger charge is 2.28. The first-order chi connectivity index (χ1) is 13.0. The number of hydrogen-bond acceptors (Lipinski definition) is 4. The van der Waals surface area contributed by atoms with Gasteiger partial charge in [-0.25, -0.2) is 17.5 Å². The van der Waals surface area contributed by atoms with Crippen LogP contribution in [0.4, 0.5) is 4.39 Å². The van der Waals surface area contributed by atoms with Crippen molar-refractivity contribution in [2.45, 2.75) is 30.2 Å². The first-order valence-electron chi connectivity index (χ1n) is 8.70. The third-order valence-corrected chi connectivity index (χ3v) is 6.64. The van der Waals surface area contributed by atoms with E-state index in [1.165, 1.54) is 24.3 Å². The Morgan fingerprint density at radius 1 is 1.11 bits per heavy atom.